The van der Waals surface area contributed by atoms with Crippen molar-refractivity contribution in [3.05, 3.63) is 64.5 Å². The Morgan fingerprint density at radius 3 is 2.65 bits per heavy atom. The summed E-state index contributed by atoms with van der Waals surface area (Å²) in [5, 5.41) is 5.64. The molecule has 0 unspecified atom stereocenters. The predicted octanol–water partition coefficient (Wildman–Crippen LogP) is 2.14. The molecule has 2 N–H and O–H groups in total. The zero-order chi connectivity index (χ0) is 24.1. The number of fused-ring (bicyclic) bond motifs is 1. The van der Waals surface area contributed by atoms with Crippen molar-refractivity contribution in [1.82, 2.24) is 14.5 Å². The number of halogens is 1. The first kappa shape index (κ1) is 23.5. The number of aryl methyl sites for hydroxylation is 1. The van der Waals surface area contributed by atoms with Crippen LogP contribution in [0.15, 0.2) is 47.3 Å². The number of carbonyl (C=O) groups is 2. The smallest absolute Gasteiger partial charge is 0.261 e. The molecule has 178 valence electrons. The van der Waals surface area contributed by atoms with Crippen molar-refractivity contribution >= 4 is 34.1 Å². The Morgan fingerprint density at radius 2 is 1.85 bits per heavy atom. The maximum atomic E-state index is 14.3. The van der Waals surface area contributed by atoms with E-state index in [0.29, 0.717) is 42.2 Å². The van der Waals surface area contributed by atoms with Crippen LogP contribution in [-0.4, -0.2) is 59.1 Å². The molecule has 1 aromatic heterocycles. The summed E-state index contributed by atoms with van der Waals surface area (Å²) in [6.45, 7) is 4.76. The van der Waals surface area contributed by atoms with Crippen molar-refractivity contribution in [3.63, 3.8) is 0 Å². The number of benzene rings is 2. The van der Waals surface area contributed by atoms with Gasteiger partial charge in [0.2, 0.25) is 11.8 Å². The lowest BCUT2D eigenvalue weighted by Crippen LogP contribution is -2.38. The summed E-state index contributed by atoms with van der Waals surface area (Å²) in [5.41, 5.74) is 0.527. The van der Waals surface area contributed by atoms with Gasteiger partial charge >= 0.3 is 0 Å². The summed E-state index contributed by atoms with van der Waals surface area (Å²) in [6.07, 6.45) is 0.215. The molecule has 0 bridgehead atoms. The Bertz CT molecular complexity index is 1270. The van der Waals surface area contributed by atoms with Crippen LogP contribution in [0.25, 0.3) is 10.9 Å². The number of morpholine rings is 1. The molecule has 0 saturated carbocycles. The largest absolute Gasteiger partial charge is 0.379 e. The predicted molar refractivity (Wildman–Crippen MR) is 126 cm³/mol. The molecule has 10 heteroatoms. The van der Waals surface area contributed by atoms with Crippen LogP contribution in [0, 0.1) is 12.7 Å². The first-order chi connectivity index (χ1) is 16.4. The van der Waals surface area contributed by atoms with Crippen LogP contribution in [-0.2, 0) is 20.9 Å². The number of hydrogen-bond acceptors (Lipinski definition) is 6. The minimum atomic E-state index is -0.608. The highest BCUT2D eigenvalue weighted by atomic mass is 19.1. The first-order valence-corrected chi connectivity index (χ1v) is 11.1. The monoisotopic (exact) mass is 467 g/mol. The zero-order valence-corrected chi connectivity index (χ0v) is 18.8. The summed E-state index contributed by atoms with van der Waals surface area (Å²) < 4.78 is 20.8. The second kappa shape index (κ2) is 10.5. The van der Waals surface area contributed by atoms with E-state index >= 15 is 0 Å². The molecule has 1 fully saturated rings. The van der Waals surface area contributed by atoms with Crippen molar-refractivity contribution < 1.29 is 18.7 Å². The van der Waals surface area contributed by atoms with Gasteiger partial charge < -0.3 is 15.4 Å². The first-order valence-electron chi connectivity index (χ1n) is 11.1. The Labute approximate surface area is 195 Å². The number of para-hydroxylation sites is 1. The fraction of sp³-hybridized carbons (Fsp3) is 0.333. The minimum Gasteiger partial charge on any atom is -0.379 e. The van der Waals surface area contributed by atoms with Crippen LogP contribution in [0.5, 0.6) is 0 Å². The lowest BCUT2D eigenvalue weighted by Gasteiger charge is -2.26. The van der Waals surface area contributed by atoms with Crippen LogP contribution in [0.3, 0.4) is 0 Å². The third-order valence-corrected chi connectivity index (χ3v) is 5.64. The number of nitrogens with one attached hydrogen (secondary N) is 2. The van der Waals surface area contributed by atoms with Gasteiger partial charge in [0.25, 0.3) is 5.56 Å². The van der Waals surface area contributed by atoms with Crippen molar-refractivity contribution in [3.8, 4) is 0 Å². The van der Waals surface area contributed by atoms with E-state index in [-0.39, 0.29) is 30.1 Å². The summed E-state index contributed by atoms with van der Waals surface area (Å²) in [4.78, 5) is 44.2. The highest BCUT2D eigenvalue weighted by Gasteiger charge is 2.15. The summed E-state index contributed by atoms with van der Waals surface area (Å²) in [5.74, 6) is -0.994. The van der Waals surface area contributed by atoms with E-state index in [2.05, 4.69) is 20.5 Å². The number of rotatable bonds is 7. The van der Waals surface area contributed by atoms with Gasteiger partial charge in [-0.05, 0) is 37.3 Å². The van der Waals surface area contributed by atoms with Crippen LogP contribution < -0.4 is 16.2 Å². The number of aromatic nitrogens is 2. The summed E-state index contributed by atoms with van der Waals surface area (Å²) in [7, 11) is 0. The Kier molecular flexibility index (Phi) is 7.29. The standard InChI is InChI=1S/C24H26FN5O4/c1-16-26-20-5-3-2-4-18(20)24(33)30(16)15-23(32)27-17-6-7-19(25)21(14-17)28-22(31)8-9-29-10-12-34-13-11-29/h2-7,14H,8-13,15H2,1H3,(H,27,32)(H,28,31). The normalized spacial score (nSPS) is 14.2. The summed E-state index contributed by atoms with van der Waals surface area (Å²) in [6, 6.07) is 10.8. The maximum Gasteiger partial charge on any atom is 0.261 e. The molecule has 1 saturated heterocycles. The van der Waals surface area contributed by atoms with Crippen LogP contribution in [0.4, 0.5) is 15.8 Å². The van der Waals surface area contributed by atoms with Gasteiger partial charge in [0.1, 0.15) is 18.2 Å². The topological polar surface area (TPSA) is 106 Å². The molecule has 2 heterocycles. The molecule has 0 atom stereocenters. The Hall–Kier alpha value is -3.63. The van der Waals surface area contributed by atoms with Gasteiger partial charge in [-0.3, -0.25) is 23.9 Å². The van der Waals surface area contributed by atoms with Crippen molar-refractivity contribution in [1.29, 1.82) is 0 Å². The molecule has 1 aliphatic rings. The second-order valence-corrected chi connectivity index (χ2v) is 8.06. The molecule has 0 spiro atoms. The minimum absolute atomic E-state index is 0.0227. The number of ether oxygens (including phenoxy) is 1. The number of hydrogen-bond donors (Lipinski definition) is 2. The molecular formula is C24H26FN5O4. The molecule has 1 aliphatic heterocycles. The molecule has 2 amide bonds. The zero-order valence-electron chi connectivity index (χ0n) is 18.8. The highest BCUT2D eigenvalue weighted by Crippen LogP contribution is 2.20. The number of nitrogens with zero attached hydrogens (tertiary/aromatic N) is 3. The van der Waals surface area contributed by atoms with Crippen LogP contribution in [0.1, 0.15) is 12.2 Å². The molecule has 2 aromatic carbocycles. The molecule has 9 nitrogen and oxygen atoms in total. The van der Waals surface area contributed by atoms with E-state index in [0.717, 1.165) is 13.1 Å². The van der Waals surface area contributed by atoms with Gasteiger partial charge in [-0.15, -0.1) is 0 Å². The van der Waals surface area contributed by atoms with Gasteiger partial charge in [-0.1, -0.05) is 12.1 Å². The fourth-order valence-corrected chi connectivity index (χ4v) is 3.81. The van der Waals surface area contributed by atoms with Gasteiger partial charge in [-0.2, -0.15) is 0 Å². The lowest BCUT2D eigenvalue weighted by molar-refractivity contribution is -0.117. The van der Waals surface area contributed by atoms with Gasteiger partial charge in [0, 0.05) is 31.7 Å². The van der Waals surface area contributed by atoms with Gasteiger partial charge in [0.15, 0.2) is 0 Å². The van der Waals surface area contributed by atoms with Crippen molar-refractivity contribution in [2.24, 2.45) is 0 Å². The molecule has 3 aromatic rings. The van der Waals surface area contributed by atoms with Crippen molar-refractivity contribution in [2.45, 2.75) is 19.9 Å². The van der Waals surface area contributed by atoms with Gasteiger partial charge in [0.05, 0.1) is 29.8 Å². The Balaban J connectivity index is 1.40. The quantitative estimate of drug-likeness (QED) is 0.552. The van der Waals surface area contributed by atoms with E-state index in [1.165, 1.54) is 22.8 Å². The van der Waals surface area contributed by atoms with E-state index in [4.69, 9.17) is 4.74 Å². The molecular weight excluding hydrogens is 441 g/mol. The van der Waals surface area contributed by atoms with E-state index < -0.39 is 11.7 Å². The number of amides is 2. The average molecular weight is 468 g/mol. The average Bonchev–Trinajstić information content (AvgIpc) is 2.83. The van der Waals surface area contributed by atoms with E-state index in [1.807, 2.05) is 0 Å². The highest BCUT2D eigenvalue weighted by molar-refractivity contribution is 5.94. The van der Waals surface area contributed by atoms with Crippen LogP contribution >= 0.6 is 0 Å². The molecule has 0 radical (unpaired) electrons. The molecule has 0 aliphatic carbocycles. The maximum absolute atomic E-state index is 14.3. The number of anilines is 2. The fourth-order valence-electron chi connectivity index (χ4n) is 3.81. The van der Waals surface area contributed by atoms with Gasteiger partial charge in [-0.25, -0.2) is 9.37 Å². The van der Waals surface area contributed by atoms with E-state index in [9.17, 15) is 18.8 Å². The molecule has 4 rings (SSSR count). The second-order valence-electron chi connectivity index (χ2n) is 8.06. The Morgan fingerprint density at radius 1 is 1.09 bits per heavy atom. The van der Waals surface area contributed by atoms with Crippen LogP contribution in [0.2, 0.25) is 0 Å². The lowest BCUT2D eigenvalue weighted by atomic mass is 10.2. The number of carbonyl (C=O) groups excluding carboxylic acids is 2. The van der Waals surface area contributed by atoms with Crippen molar-refractivity contribution in [2.75, 3.05) is 43.5 Å². The summed E-state index contributed by atoms with van der Waals surface area (Å²) >= 11 is 0. The third-order valence-electron chi connectivity index (χ3n) is 5.64. The molecule has 34 heavy (non-hydrogen) atoms. The third kappa shape index (κ3) is 5.64. The van der Waals surface area contributed by atoms with E-state index in [1.54, 1.807) is 31.2 Å². The SMILES string of the molecule is Cc1nc2ccccc2c(=O)n1CC(=O)Nc1ccc(F)c(NC(=O)CCN2CCOCC2)c1.